The van der Waals surface area contributed by atoms with Gasteiger partial charge < -0.3 is 10.2 Å². The van der Waals surface area contributed by atoms with Gasteiger partial charge in [-0.2, -0.15) is 0 Å². The number of nitrogens with one attached hydrogen (secondary N) is 1. The average molecular weight is 320 g/mol. The van der Waals surface area contributed by atoms with Crippen LogP contribution in [0.4, 0.5) is 10.1 Å². The third-order valence-electron chi connectivity index (χ3n) is 3.57. The highest BCUT2D eigenvalue weighted by Gasteiger charge is 2.08. The molecule has 0 atom stereocenters. The van der Waals surface area contributed by atoms with Gasteiger partial charge in [-0.05, 0) is 42.5 Å². The monoisotopic (exact) mass is 320 g/mol. The van der Waals surface area contributed by atoms with Crippen molar-refractivity contribution >= 4 is 22.9 Å². The summed E-state index contributed by atoms with van der Waals surface area (Å²) in [7, 11) is 1.85. The predicted molar refractivity (Wildman–Crippen MR) is 89.8 cm³/mol. The van der Waals surface area contributed by atoms with Gasteiger partial charge in [0.25, 0.3) is 0 Å². The maximum absolute atomic E-state index is 14.0. The third-order valence-corrected chi connectivity index (χ3v) is 4.50. The molecule has 5 heteroatoms. The fraction of sp³-hybridized carbons (Fsp3) is 0.353. The first kappa shape index (κ1) is 16.5. The smallest absolute Gasteiger partial charge is 0.220 e. The molecule has 0 aliphatic rings. The fourth-order valence-corrected chi connectivity index (χ4v) is 2.83. The molecule has 0 bridgehead atoms. The van der Waals surface area contributed by atoms with Crippen LogP contribution in [-0.2, 0) is 17.8 Å². The highest BCUT2D eigenvalue weighted by molar-refractivity contribution is 7.09. The maximum Gasteiger partial charge on any atom is 0.220 e. The van der Waals surface area contributed by atoms with Gasteiger partial charge in [-0.1, -0.05) is 12.1 Å². The van der Waals surface area contributed by atoms with Crippen molar-refractivity contribution in [1.29, 1.82) is 0 Å². The van der Waals surface area contributed by atoms with E-state index >= 15 is 0 Å². The molecule has 2 rings (SSSR count). The summed E-state index contributed by atoms with van der Waals surface area (Å²) in [5, 5.41) is 4.84. The van der Waals surface area contributed by atoms with Crippen LogP contribution in [0.1, 0.15) is 23.8 Å². The van der Waals surface area contributed by atoms with Crippen LogP contribution in [0.25, 0.3) is 0 Å². The van der Waals surface area contributed by atoms with E-state index in [1.54, 1.807) is 17.4 Å². The number of hydrogen-bond donors (Lipinski definition) is 1. The number of nitrogens with zero attached hydrogens (tertiary/aromatic N) is 1. The summed E-state index contributed by atoms with van der Waals surface area (Å²) in [6, 6.07) is 9.10. The van der Waals surface area contributed by atoms with Gasteiger partial charge in [0.15, 0.2) is 0 Å². The van der Waals surface area contributed by atoms with Crippen molar-refractivity contribution in [3.05, 3.63) is 52.0 Å². The van der Waals surface area contributed by atoms with E-state index in [0.717, 1.165) is 18.5 Å². The van der Waals surface area contributed by atoms with Gasteiger partial charge in [-0.15, -0.1) is 11.3 Å². The number of hydrogen-bond acceptors (Lipinski definition) is 3. The lowest BCUT2D eigenvalue weighted by atomic mass is 10.1. The molecule has 0 aliphatic carbocycles. The van der Waals surface area contributed by atoms with Crippen molar-refractivity contribution < 1.29 is 9.18 Å². The van der Waals surface area contributed by atoms with Crippen molar-refractivity contribution in [3.8, 4) is 0 Å². The van der Waals surface area contributed by atoms with Crippen molar-refractivity contribution in [1.82, 2.24) is 5.32 Å². The minimum Gasteiger partial charge on any atom is -0.373 e. The predicted octanol–water partition coefficient (Wildman–Crippen LogP) is 3.59. The lowest BCUT2D eigenvalue weighted by molar-refractivity contribution is -0.121. The molecule has 0 spiro atoms. The van der Waals surface area contributed by atoms with Crippen LogP contribution in [0, 0.1) is 5.82 Å². The molecule has 0 saturated heterocycles. The molecule has 1 aromatic heterocycles. The minimum atomic E-state index is -0.255. The van der Waals surface area contributed by atoms with Crippen LogP contribution >= 0.6 is 11.3 Å². The molecule has 0 radical (unpaired) electrons. The van der Waals surface area contributed by atoms with E-state index in [2.05, 4.69) is 5.32 Å². The van der Waals surface area contributed by atoms with E-state index in [1.165, 1.54) is 10.9 Å². The normalized spacial score (nSPS) is 10.5. The Kier molecular flexibility index (Phi) is 5.95. The molecule has 0 unspecified atom stereocenters. The van der Waals surface area contributed by atoms with Gasteiger partial charge in [0.2, 0.25) is 5.91 Å². The van der Waals surface area contributed by atoms with Crippen LogP contribution in [0.15, 0.2) is 35.7 Å². The molecule has 0 aliphatic heterocycles. The number of carbonyl (C=O) groups is 1. The second kappa shape index (κ2) is 7.94. The van der Waals surface area contributed by atoms with Gasteiger partial charge in [-0.3, -0.25) is 4.79 Å². The van der Waals surface area contributed by atoms with Gasteiger partial charge in [0.1, 0.15) is 5.82 Å². The minimum absolute atomic E-state index is 0.0106. The van der Waals surface area contributed by atoms with Crippen molar-refractivity contribution in [2.24, 2.45) is 0 Å². The molecule has 0 fully saturated rings. The number of carbonyl (C=O) groups excluding carboxylic acids is 1. The highest BCUT2D eigenvalue weighted by Crippen LogP contribution is 2.19. The van der Waals surface area contributed by atoms with E-state index < -0.39 is 0 Å². The Morgan fingerprint density at radius 3 is 2.82 bits per heavy atom. The molecule has 118 valence electrons. The largest absolute Gasteiger partial charge is 0.373 e. The molecule has 1 amide bonds. The number of halogens is 1. The van der Waals surface area contributed by atoms with E-state index in [9.17, 15) is 9.18 Å². The van der Waals surface area contributed by atoms with Crippen molar-refractivity contribution in [3.63, 3.8) is 0 Å². The van der Waals surface area contributed by atoms with E-state index in [-0.39, 0.29) is 11.7 Å². The zero-order valence-electron chi connectivity index (χ0n) is 12.9. The average Bonchev–Trinajstić information content (AvgIpc) is 3.03. The Morgan fingerprint density at radius 1 is 1.36 bits per heavy atom. The SMILES string of the molecule is CCN(C)c1ccc(CNC(=O)CCc2cccs2)cc1F. The van der Waals surface area contributed by atoms with Crippen molar-refractivity contribution in [2.45, 2.75) is 26.3 Å². The number of aryl methyl sites for hydroxylation is 1. The number of amides is 1. The summed E-state index contributed by atoms with van der Waals surface area (Å²) >= 11 is 1.65. The standard InChI is InChI=1S/C17H21FN2OS/c1-3-20(2)16-8-6-13(11-15(16)18)12-19-17(21)9-7-14-5-4-10-22-14/h4-6,8,10-11H,3,7,9,12H2,1-2H3,(H,19,21). The van der Waals surface area contributed by atoms with Crippen LogP contribution < -0.4 is 10.2 Å². The molecule has 1 aromatic carbocycles. The molecular formula is C17H21FN2OS. The van der Waals surface area contributed by atoms with Crippen LogP contribution in [0.5, 0.6) is 0 Å². The first-order valence-electron chi connectivity index (χ1n) is 7.38. The summed E-state index contributed by atoms with van der Waals surface area (Å²) in [6.45, 7) is 3.08. The fourth-order valence-electron chi connectivity index (χ4n) is 2.12. The molecule has 22 heavy (non-hydrogen) atoms. The first-order valence-corrected chi connectivity index (χ1v) is 8.26. The summed E-state index contributed by atoms with van der Waals surface area (Å²) in [6.07, 6.45) is 1.21. The lowest BCUT2D eigenvalue weighted by Gasteiger charge is -2.18. The van der Waals surface area contributed by atoms with Crippen molar-refractivity contribution in [2.75, 3.05) is 18.5 Å². The maximum atomic E-state index is 14.0. The second-order valence-electron chi connectivity index (χ2n) is 5.16. The molecular weight excluding hydrogens is 299 g/mol. The Labute approximate surface area is 134 Å². The number of rotatable bonds is 7. The Hall–Kier alpha value is -1.88. The summed E-state index contributed by atoms with van der Waals surface area (Å²) in [5.74, 6) is -0.266. The highest BCUT2D eigenvalue weighted by atomic mass is 32.1. The molecule has 1 heterocycles. The zero-order valence-corrected chi connectivity index (χ0v) is 13.8. The quantitative estimate of drug-likeness (QED) is 0.845. The van der Waals surface area contributed by atoms with E-state index in [0.29, 0.717) is 18.7 Å². The number of anilines is 1. The third kappa shape index (κ3) is 4.56. The Morgan fingerprint density at radius 2 is 2.18 bits per heavy atom. The molecule has 2 aromatic rings. The molecule has 3 nitrogen and oxygen atoms in total. The van der Waals surface area contributed by atoms with Crippen LogP contribution in [0.3, 0.4) is 0 Å². The van der Waals surface area contributed by atoms with Gasteiger partial charge >= 0.3 is 0 Å². The van der Waals surface area contributed by atoms with Gasteiger partial charge in [-0.25, -0.2) is 4.39 Å². The van der Waals surface area contributed by atoms with Crippen LogP contribution in [-0.4, -0.2) is 19.5 Å². The Bertz CT molecular complexity index is 613. The summed E-state index contributed by atoms with van der Waals surface area (Å²) in [5.41, 5.74) is 1.35. The number of thiophene rings is 1. The first-order chi connectivity index (χ1) is 10.6. The van der Waals surface area contributed by atoms with E-state index in [4.69, 9.17) is 0 Å². The van der Waals surface area contributed by atoms with E-state index in [1.807, 2.05) is 42.5 Å². The Balaban J connectivity index is 1.83. The summed E-state index contributed by atoms with van der Waals surface area (Å²) in [4.78, 5) is 14.9. The van der Waals surface area contributed by atoms with Crippen LogP contribution in [0.2, 0.25) is 0 Å². The topological polar surface area (TPSA) is 32.3 Å². The van der Waals surface area contributed by atoms with Gasteiger partial charge in [0.05, 0.1) is 5.69 Å². The molecule has 0 saturated carbocycles. The lowest BCUT2D eigenvalue weighted by Crippen LogP contribution is -2.23. The molecule has 1 N–H and O–H groups in total. The summed E-state index contributed by atoms with van der Waals surface area (Å²) < 4.78 is 14.0. The zero-order chi connectivity index (χ0) is 15.9. The van der Waals surface area contributed by atoms with Gasteiger partial charge in [0, 0.05) is 31.4 Å². The number of benzene rings is 1. The second-order valence-corrected chi connectivity index (χ2v) is 6.19.